The zero-order valence-corrected chi connectivity index (χ0v) is 29.2. The van der Waals surface area contributed by atoms with Gasteiger partial charge in [-0.1, -0.05) is 82.9 Å². The van der Waals surface area contributed by atoms with Crippen LogP contribution in [-0.2, 0) is 21.4 Å². The first-order valence-electron chi connectivity index (χ1n) is 17.1. The molecule has 6 rings (SSSR count). The van der Waals surface area contributed by atoms with Crippen LogP contribution in [0.2, 0.25) is 0 Å². The van der Waals surface area contributed by atoms with Crippen molar-refractivity contribution < 1.29 is 24.2 Å². The molecule has 1 saturated carbocycles. The third-order valence-corrected chi connectivity index (χ3v) is 11.0. The van der Waals surface area contributed by atoms with Crippen molar-refractivity contribution in [3.63, 3.8) is 0 Å². The molecule has 1 aliphatic carbocycles. The fraction of sp³-hybridized carbons (Fsp3) is 0.410. The van der Waals surface area contributed by atoms with Gasteiger partial charge < -0.3 is 20.1 Å². The van der Waals surface area contributed by atoms with E-state index in [9.17, 15) is 19.5 Å². The fourth-order valence-electron chi connectivity index (χ4n) is 6.37. The molecule has 1 atom stereocenters. The summed E-state index contributed by atoms with van der Waals surface area (Å²) in [5, 5.41) is 12.2. The van der Waals surface area contributed by atoms with E-state index in [2.05, 4.69) is 36.1 Å². The summed E-state index contributed by atoms with van der Waals surface area (Å²) in [5.41, 5.74) is 3.50. The van der Waals surface area contributed by atoms with Crippen molar-refractivity contribution in [3.05, 3.63) is 88.4 Å². The molecule has 0 radical (unpaired) electrons. The second-order valence-corrected chi connectivity index (χ2v) is 15.3. The van der Waals surface area contributed by atoms with Crippen LogP contribution in [-0.4, -0.2) is 63.5 Å². The molecule has 2 aromatic heterocycles. The first-order valence-corrected chi connectivity index (χ1v) is 17.9. The number of carbonyl (C=O) groups excluding carboxylic acids is 2. The summed E-state index contributed by atoms with van der Waals surface area (Å²) in [4.78, 5) is 50.4. The van der Waals surface area contributed by atoms with Crippen molar-refractivity contribution in [3.8, 4) is 28.3 Å². The Bertz CT molecular complexity index is 1750. The summed E-state index contributed by atoms with van der Waals surface area (Å²) in [7, 11) is 0. The maximum Gasteiger partial charge on any atom is 0.310 e. The topological polar surface area (TPSA) is 122 Å². The third kappa shape index (κ3) is 8.54. The van der Waals surface area contributed by atoms with Crippen LogP contribution in [0, 0.1) is 11.8 Å². The lowest BCUT2D eigenvalue weighted by atomic mass is 9.95. The van der Waals surface area contributed by atoms with E-state index in [0.29, 0.717) is 10.7 Å². The predicted molar refractivity (Wildman–Crippen MR) is 191 cm³/mol. The molecule has 2 aromatic carbocycles. The highest BCUT2D eigenvalue weighted by Gasteiger charge is 2.39. The van der Waals surface area contributed by atoms with E-state index in [1.165, 1.54) is 41.9 Å². The highest BCUT2D eigenvalue weighted by atomic mass is 32.1. The van der Waals surface area contributed by atoms with Gasteiger partial charge in [0.2, 0.25) is 5.91 Å². The summed E-state index contributed by atoms with van der Waals surface area (Å²) >= 11 is 1.41. The molecule has 4 aromatic rings. The molecule has 2 N–H and O–H groups in total. The molecule has 0 unspecified atom stereocenters. The summed E-state index contributed by atoms with van der Waals surface area (Å²) < 4.78 is 5.97. The van der Waals surface area contributed by atoms with Gasteiger partial charge in [0.25, 0.3) is 5.91 Å². The van der Waals surface area contributed by atoms with E-state index in [1.807, 2.05) is 67.0 Å². The zero-order valence-electron chi connectivity index (χ0n) is 28.4. The monoisotopic (exact) mass is 680 g/mol. The third-order valence-electron chi connectivity index (χ3n) is 9.48. The van der Waals surface area contributed by atoms with Crippen molar-refractivity contribution in [1.82, 2.24) is 20.2 Å². The molecule has 2 aliphatic rings. The molecule has 2 fully saturated rings. The number of aliphatic carboxylic acids is 1. The molecule has 1 saturated heterocycles. The van der Waals surface area contributed by atoms with Crippen LogP contribution in [0.5, 0.6) is 5.75 Å². The minimum Gasteiger partial charge on any atom is -0.494 e. The molecular formula is C39H44N4O5S. The first-order chi connectivity index (χ1) is 23.5. The summed E-state index contributed by atoms with van der Waals surface area (Å²) in [5.74, 6) is 0.155. The van der Waals surface area contributed by atoms with E-state index in [-0.39, 0.29) is 36.7 Å². The number of ether oxygens (including phenoxy) is 1. The van der Waals surface area contributed by atoms with Gasteiger partial charge in [-0.25, -0.2) is 9.97 Å². The smallest absolute Gasteiger partial charge is 0.310 e. The van der Waals surface area contributed by atoms with E-state index >= 15 is 0 Å². The number of carboxylic acid groups (broad SMARTS) is 1. The lowest BCUT2D eigenvalue weighted by molar-refractivity contribution is -0.153. The molecule has 3 heterocycles. The largest absolute Gasteiger partial charge is 0.494 e. The molecule has 9 nitrogen and oxygen atoms in total. The normalized spacial score (nSPS) is 15.9. The molecule has 1 aliphatic heterocycles. The molecule has 2 amide bonds. The SMILES string of the molecule is CC(C)(C)c1ccc(C(=O)N[C@@H](Cc2ccc(-c3ncc(-c4ccc(OCCC5CCCC5)cc4)cn3)cc2)C(=O)N2CC(C(=O)O)C2)s1. The molecule has 0 bridgehead atoms. The van der Waals surface area contributed by atoms with E-state index in [0.717, 1.165) is 51.8 Å². The Morgan fingerprint density at radius 1 is 0.918 bits per heavy atom. The highest BCUT2D eigenvalue weighted by molar-refractivity contribution is 7.14. The quantitative estimate of drug-likeness (QED) is 0.165. The van der Waals surface area contributed by atoms with Gasteiger partial charge in [-0.15, -0.1) is 11.3 Å². The van der Waals surface area contributed by atoms with E-state index in [1.54, 1.807) is 6.07 Å². The average Bonchev–Trinajstić information content (AvgIpc) is 3.78. The number of nitrogens with one attached hydrogen (secondary N) is 1. The number of carboxylic acids is 1. The standard InChI is InChI=1S/C39H44N4O5S/c1-39(2,3)34-17-16-33(49-34)36(44)42-32(37(45)43-23-30(24-43)38(46)47)20-26-8-10-28(11-9-26)35-40-21-29(22-41-35)27-12-14-31(15-13-27)48-19-18-25-6-4-5-7-25/h8-17,21-22,25,30,32H,4-7,18-20,23-24H2,1-3H3,(H,42,44)(H,46,47)/t32-/m0/s1. The van der Waals surface area contributed by atoms with Crippen molar-refractivity contribution in [1.29, 1.82) is 0 Å². The highest BCUT2D eigenvalue weighted by Crippen LogP contribution is 2.30. The van der Waals surface area contributed by atoms with Gasteiger partial charge in [-0.05, 0) is 53.1 Å². The fourth-order valence-corrected chi connectivity index (χ4v) is 7.33. The second kappa shape index (κ2) is 14.9. The van der Waals surface area contributed by atoms with Crippen LogP contribution >= 0.6 is 11.3 Å². The van der Waals surface area contributed by atoms with Crippen molar-refractivity contribution in [2.24, 2.45) is 11.8 Å². The minimum atomic E-state index is -0.920. The summed E-state index contributed by atoms with van der Waals surface area (Å²) in [6.07, 6.45) is 10.4. The number of amides is 2. The van der Waals surface area contributed by atoms with Crippen LogP contribution in [0.25, 0.3) is 22.5 Å². The van der Waals surface area contributed by atoms with Gasteiger partial charge in [0, 0.05) is 47.9 Å². The number of rotatable bonds is 12. The summed E-state index contributed by atoms with van der Waals surface area (Å²) in [6.45, 7) is 7.30. The Balaban J connectivity index is 1.09. The van der Waals surface area contributed by atoms with Crippen molar-refractivity contribution >= 4 is 29.1 Å². The Labute approximate surface area is 291 Å². The van der Waals surface area contributed by atoms with Crippen LogP contribution in [0.4, 0.5) is 0 Å². The number of nitrogens with zero attached hydrogens (tertiary/aromatic N) is 3. The molecule has 256 valence electrons. The lowest BCUT2D eigenvalue weighted by Gasteiger charge is -2.38. The van der Waals surface area contributed by atoms with E-state index < -0.39 is 17.9 Å². The van der Waals surface area contributed by atoms with E-state index in [4.69, 9.17) is 4.74 Å². The number of aromatic nitrogens is 2. The Kier molecular flexibility index (Phi) is 10.4. The van der Waals surface area contributed by atoms with Crippen LogP contribution in [0.3, 0.4) is 0 Å². The minimum absolute atomic E-state index is 0.0950. The zero-order chi connectivity index (χ0) is 34.5. The Morgan fingerprint density at radius 3 is 2.18 bits per heavy atom. The molecular weight excluding hydrogens is 637 g/mol. The average molecular weight is 681 g/mol. The van der Waals surface area contributed by atoms with Gasteiger partial charge in [0.1, 0.15) is 11.8 Å². The lowest BCUT2D eigenvalue weighted by Crippen LogP contribution is -2.59. The number of hydrogen-bond acceptors (Lipinski definition) is 7. The second-order valence-electron chi connectivity index (χ2n) is 14.2. The Hall–Kier alpha value is -4.57. The predicted octanol–water partition coefficient (Wildman–Crippen LogP) is 7.01. The van der Waals surface area contributed by atoms with Gasteiger partial charge in [0.05, 0.1) is 17.4 Å². The number of benzene rings is 2. The first kappa shape index (κ1) is 34.3. The Morgan fingerprint density at radius 2 is 1.57 bits per heavy atom. The van der Waals surface area contributed by atoms with Gasteiger partial charge >= 0.3 is 5.97 Å². The molecule has 0 spiro atoms. The number of likely N-dealkylation sites (tertiary alicyclic amines) is 1. The van der Waals surface area contributed by atoms with Crippen LogP contribution < -0.4 is 10.1 Å². The number of thiophene rings is 1. The maximum absolute atomic E-state index is 13.5. The maximum atomic E-state index is 13.5. The van der Waals surface area contributed by atoms with Crippen LogP contribution in [0.15, 0.2) is 73.1 Å². The van der Waals surface area contributed by atoms with Gasteiger partial charge in [-0.2, -0.15) is 0 Å². The van der Waals surface area contributed by atoms with Crippen LogP contribution in [0.1, 0.15) is 73.0 Å². The van der Waals surface area contributed by atoms with Crippen molar-refractivity contribution in [2.75, 3.05) is 19.7 Å². The number of carbonyl (C=O) groups is 3. The summed E-state index contributed by atoms with van der Waals surface area (Å²) in [6, 6.07) is 18.6. The molecule has 10 heteroatoms. The van der Waals surface area contributed by atoms with Crippen molar-refractivity contribution in [2.45, 2.75) is 70.8 Å². The van der Waals surface area contributed by atoms with Gasteiger partial charge in [-0.3, -0.25) is 14.4 Å². The number of hydrogen-bond donors (Lipinski definition) is 2. The van der Waals surface area contributed by atoms with Gasteiger partial charge in [0.15, 0.2) is 5.82 Å². The molecule has 49 heavy (non-hydrogen) atoms.